The Labute approximate surface area is 169 Å². The molecule has 2 aromatic carbocycles. The van der Waals surface area contributed by atoms with Crippen LogP contribution in [0.2, 0.25) is 0 Å². The minimum atomic E-state index is -0.515. The summed E-state index contributed by atoms with van der Waals surface area (Å²) >= 11 is 1.28. The molecule has 0 saturated heterocycles. The maximum absolute atomic E-state index is 12.4. The number of nitrogens with one attached hydrogen (secondary N) is 2. The normalized spacial score (nSPS) is 10.4. The number of rotatable bonds is 9. The molecule has 2 aromatic rings. The fourth-order valence-electron chi connectivity index (χ4n) is 2.32. The summed E-state index contributed by atoms with van der Waals surface area (Å²) < 4.78 is 5.15. The molecule has 6 nitrogen and oxygen atoms in total. The fraction of sp³-hybridized carbons (Fsp3) is 0.286. The Morgan fingerprint density at radius 2 is 1.68 bits per heavy atom. The van der Waals surface area contributed by atoms with Crippen molar-refractivity contribution in [3.8, 4) is 0 Å². The van der Waals surface area contributed by atoms with Gasteiger partial charge in [0.1, 0.15) is 13.2 Å². The summed E-state index contributed by atoms with van der Waals surface area (Å²) in [4.78, 5) is 36.8. The first-order chi connectivity index (χ1) is 13.5. The van der Waals surface area contributed by atoms with Crippen molar-refractivity contribution in [1.82, 2.24) is 10.6 Å². The molecule has 7 heteroatoms. The first-order valence-corrected chi connectivity index (χ1v) is 9.93. The molecule has 0 spiro atoms. The summed E-state index contributed by atoms with van der Waals surface area (Å²) in [7, 11) is 0. The number of ether oxygens (including phenoxy) is 1. The number of carbonyl (C=O) groups excluding carboxylic acids is 3. The molecule has 148 valence electrons. The molecule has 0 saturated carbocycles. The van der Waals surface area contributed by atoms with Gasteiger partial charge in [0.2, 0.25) is 5.91 Å². The molecule has 0 radical (unpaired) electrons. The molecule has 0 aliphatic heterocycles. The zero-order valence-corrected chi connectivity index (χ0v) is 16.8. The summed E-state index contributed by atoms with van der Waals surface area (Å²) in [5, 5.41) is 5.38. The average Bonchev–Trinajstić information content (AvgIpc) is 2.69. The second-order valence-electron chi connectivity index (χ2n) is 6.34. The van der Waals surface area contributed by atoms with Crippen molar-refractivity contribution < 1.29 is 19.1 Å². The molecule has 0 heterocycles. The molecule has 0 aromatic heterocycles. The van der Waals surface area contributed by atoms with Gasteiger partial charge < -0.3 is 15.4 Å². The molecule has 0 bridgehead atoms. The van der Waals surface area contributed by atoms with E-state index in [-0.39, 0.29) is 36.8 Å². The highest BCUT2D eigenvalue weighted by Gasteiger charge is 2.14. The van der Waals surface area contributed by atoms with E-state index in [9.17, 15) is 14.4 Å². The number of benzene rings is 2. The van der Waals surface area contributed by atoms with Gasteiger partial charge in [0, 0.05) is 10.9 Å². The summed E-state index contributed by atoms with van der Waals surface area (Å²) in [5.41, 5.74) is 1.30. The van der Waals surface area contributed by atoms with E-state index in [0.717, 1.165) is 5.56 Å². The zero-order valence-electron chi connectivity index (χ0n) is 15.9. The van der Waals surface area contributed by atoms with Crippen molar-refractivity contribution >= 4 is 29.5 Å². The van der Waals surface area contributed by atoms with Crippen LogP contribution in [0, 0.1) is 0 Å². The van der Waals surface area contributed by atoms with Gasteiger partial charge in [0.15, 0.2) is 0 Å². The first kappa shape index (κ1) is 21.5. The number of thioether (sulfide) groups is 1. The molecule has 2 N–H and O–H groups in total. The van der Waals surface area contributed by atoms with Crippen LogP contribution in [0.5, 0.6) is 0 Å². The van der Waals surface area contributed by atoms with Crippen LogP contribution in [0.15, 0.2) is 59.5 Å². The topological polar surface area (TPSA) is 84.5 Å². The smallest absolute Gasteiger partial charge is 0.325 e. The van der Waals surface area contributed by atoms with Gasteiger partial charge in [0.25, 0.3) is 5.91 Å². The van der Waals surface area contributed by atoms with Crippen LogP contribution in [-0.4, -0.2) is 36.1 Å². The number of amides is 2. The van der Waals surface area contributed by atoms with Crippen LogP contribution < -0.4 is 10.6 Å². The molecule has 0 aliphatic carbocycles. The van der Waals surface area contributed by atoms with E-state index >= 15 is 0 Å². The Kier molecular flexibility index (Phi) is 8.55. The second-order valence-corrected chi connectivity index (χ2v) is 7.35. The van der Waals surface area contributed by atoms with Gasteiger partial charge >= 0.3 is 5.97 Å². The van der Waals surface area contributed by atoms with Gasteiger partial charge in [-0.25, -0.2) is 0 Å². The van der Waals surface area contributed by atoms with Gasteiger partial charge in [-0.2, -0.15) is 0 Å². The van der Waals surface area contributed by atoms with Gasteiger partial charge in [0.05, 0.1) is 11.3 Å². The van der Waals surface area contributed by atoms with Crippen LogP contribution in [0.4, 0.5) is 0 Å². The van der Waals surface area contributed by atoms with Crippen molar-refractivity contribution in [2.24, 2.45) is 0 Å². The number of hydrogen-bond acceptors (Lipinski definition) is 5. The standard InChI is InChI=1S/C21H24N2O4S/c1-15(2)23-19(24)14-28-18-11-7-6-10-17(18)21(26)22-12-20(25)27-13-16-8-4-3-5-9-16/h3-11,15H,12-14H2,1-2H3,(H,22,26)(H,23,24). The maximum atomic E-state index is 12.4. The summed E-state index contributed by atoms with van der Waals surface area (Å²) in [5.74, 6) is -0.788. The van der Waals surface area contributed by atoms with Crippen LogP contribution in [0.3, 0.4) is 0 Å². The highest BCUT2D eigenvalue weighted by atomic mass is 32.2. The van der Waals surface area contributed by atoms with E-state index in [1.807, 2.05) is 44.2 Å². The average molecular weight is 401 g/mol. The lowest BCUT2D eigenvalue weighted by atomic mass is 10.2. The summed E-state index contributed by atoms with van der Waals surface area (Å²) in [6, 6.07) is 16.4. The lowest BCUT2D eigenvalue weighted by Gasteiger charge is -2.11. The second kappa shape index (κ2) is 11.1. The summed E-state index contributed by atoms with van der Waals surface area (Å²) in [6.45, 7) is 3.72. The molecular weight excluding hydrogens is 376 g/mol. The first-order valence-electron chi connectivity index (χ1n) is 8.94. The Bertz CT molecular complexity index is 809. The summed E-state index contributed by atoms with van der Waals surface area (Å²) in [6.07, 6.45) is 0. The molecule has 0 atom stereocenters. The third-order valence-corrected chi connectivity index (χ3v) is 4.65. The van der Waals surface area contributed by atoms with Crippen molar-refractivity contribution in [3.63, 3.8) is 0 Å². The van der Waals surface area contributed by atoms with Gasteiger partial charge in [-0.1, -0.05) is 42.5 Å². The van der Waals surface area contributed by atoms with E-state index in [1.165, 1.54) is 11.8 Å². The highest BCUT2D eigenvalue weighted by molar-refractivity contribution is 8.00. The van der Waals surface area contributed by atoms with Crippen molar-refractivity contribution in [1.29, 1.82) is 0 Å². The predicted octanol–water partition coefficient (Wildman–Crippen LogP) is 2.78. The van der Waals surface area contributed by atoms with Gasteiger partial charge in [-0.15, -0.1) is 11.8 Å². The van der Waals surface area contributed by atoms with Crippen molar-refractivity contribution in [2.75, 3.05) is 12.3 Å². The van der Waals surface area contributed by atoms with Crippen molar-refractivity contribution in [3.05, 3.63) is 65.7 Å². The largest absolute Gasteiger partial charge is 0.460 e. The van der Waals surface area contributed by atoms with Crippen LogP contribution in [-0.2, 0) is 20.9 Å². The SMILES string of the molecule is CC(C)NC(=O)CSc1ccccc1C(=O)NCC(=O)OCc1ccccc1. The lowest BCUT2D eigenvalue weighted by molar-refractivity contribution is -0.143. The molecule has 0 aliphatic rings. The Morgan fingerprint density at radius 1 is 1.00 bits per heavy atom. The zero-order chi connectivity index (χ0) is 20.4. The molecule has 28 heavy (non-hydrogen) atoms. The van der Waals surface area contributed by atoms with Gasteiger partial charge in [-0.05, 0) is 31.5 Å². The van der Waals surface area contributed by atoms with E-state index in [4.69, 9.17) is 4.74 Å². The number of esters is 1. The minimum Gasteiger partial charge on any atom is -0.460 e. The Morgan fingerprint density at radius 3 is 2.39 bits per heavy atom. The van der Waals surface area contributed by atoms with Crippen LogP contribution >= 0.6 is 11.8 Å². The van der Waals surface area contributed by atoms with Crippen molar-refractivity contribution in [2.45, 2.75) is 31.4 Å². The number of hydrogen-bond donors (Lipinski definition) is 2. The highest BCUT2D eigenvalue weighted by Crippen LogP contribution is 2.22. The van der Waals surface area contributed by atoms with Crippen LogP contribution in [0.25, 0.3) is 0 Å². The van der Waals surface area contributed by atoms with E-state index in [2.05, 4.69) is 10.6 Å². The Balaban J connectivity index is 1.84. The molecule has 0 unspecified atom stereocenters. The van der Waals surface area contributed by atoms with E-state index in [0.29, 0.717) is 10.5 Å². The molecule has 2 amide bonds. The maximum Gasteiger partial charge on any atom is 0.325 e. The molecular formula is C21H24N2O4S. The monoisotopic (exact) mass is 400 g/mol. The Hall–Kier alpha value is -2.80. The third kappa shape index (κ3) is 7.44. The fourth-order valence-corrected chi connectivity index (χ4v) is 3.18. The molecule has 2 rings (SSSR count). The molecule has 0 fully saturated rings. The lowest BCUT2D eigenvalue weighted by Crippen LogP contribution is -2.32. The quantitative estimate of drug-likeness (QED) is 0.499. The van der Waals surface area contributed by atoms with Gasteiger partial charge in [-0.3, -0.25) is 14.4 Å². The van der Waals surface area contributed by atoms with Crippen LogP contribution in [0.1, 0.15) is 29.8 Å². The van der Waals surface area contributed by atoms with E-state index < -0.39 is 5.97 Å². The number of carbonyl (C=O) groups is 3. The minimum absolute atomic E-state index is 0.0635. The predicted molar refractivity (Wildman–Crippen MR) is 109 cm³/mol. The third-order valence-electron chi connectivity index (χ3n) is 3.58. The van der Waals surface area contributed by atoms with E-state index in [1.54, 1.807) is 24.3 Å².